The number of hydrogen-bond donors (Lipinski definition) is 1. The van der Waals surface area contributed by atoms with Crippen molar-refractivity contribution in [2.24, 2.45) is 11.8 Å². The van der Waals surface area contributed by atoms with Gasteiger partial charge < -0.3 is 10.0 Å². The molecule has 0 radical (unpaired) electrons. The molecule has 2 nitrogen and oxygen atoms in total. The van der Waals surface area contributed by atoms with Gasteiger partial charge in [-0.05, 0) is 61.7 Å². The van der Waals surface area contributed by atoms with Crippen LogP contribution < -0.4 is 0 Å². The minimum atomic E-state index is -0.355. The Labute approximate surface area is 130 Å². The van der Waals surface area contributed by atoms with Crippen LogP contribution in [0.15, 0.2) is 24.3 Å². The maximum absolute atomic E-state index is 10.5. The van der Waals surface area contributed by atoms with E-state index in [0.29, 0.717) is 5.92 Å². The standard InChI is InChI=1S/C19H31NO/c1-15(2)13-17-6-8-18(9-7-17)19(21)14-20-11-4-5-16(3)10-12-20/h6-9,15-16,19,21H,4-5,10-14H2,1-3H3. The van der Waals surface area contributed by atoms with Crippen molar-refractivity contribution in [3.63, 3.8) is 0 Å². The van der Waals surface area contributed by atoms with Crippen molar-refractivity contribution in [2.75, 3.05) is 19.6 Å². The normalized spacial score (nSPS) is 22.2. The molecule has 2 unspecified atom stereocenters. The molecule has 1 heterocycles. The molecule has 0 aliphatic carbocycles. The Balaban J connectivity index is 1.88. The number of aliphatic hydroxyl groups excluding tert-OH is 1. The lowest BCUT2D eigenvalue weighted by molar-refractivity contribution is 0.114. The third kappa shape index (κ3) is 5.44. The van der Waals surface area contributed by atoms with E-state index in [-0.39, 0.29) is 6.10 Å². The fourth-order valence-electron chi connectivity index (χ4n) is 3.20. The number of benzene rings is 1. The van der Waals surface area contributed by atoms with Crippen LogP contribution in [-0.2, 0) is 6.42 Å². The summed E-state index contributed by atoms with van der Waals surface area (Å²) < 4.78 is 0. The Morgan fingerprint density at radius 1 is 1.14 bits per heavy atom. The lowest BCUT2D eigenvalue weighted by Crippen LogP contribution is -2.29. The molecule has 21 heavy (non-hydrogen) atoms. The predicted molar refractivity (Wildman–Crippen MR) is 89.4 cm³/mol. The van der Waals surface area contributed by atoms with E-state index in [9.17, 15) is 5.11 Å². The lowest BCUT2D eigenvalue weighted by Gasteiger charge is -2.23. The van der Waals surface area contributed by atoms with Gasteiger partial charge in [0.05, 0.1) is 6.10 Å². The van der Waals surface area contributed by atoms with E-state index in [1.165, 1.54) is 24.8 Å². The molecular formula is C19H31NO. The van der Waals surface area contributed by atoms with Gasteiger partial charge in [0, 0.05) is 6.54 Å². The zero-order valence-corrected chi connectivity index (χ0v) is 13.9. The molecule has 1 aromatic rings. The number of β-amino-alcohol motifs (C(OH)–C–C–N with tert-alkyl or cyclic N) is 1. The van der Waals surface area contributed by atoms with Gasteiger partial charge in [0.25, 0.3) is 0 Å². The van der Waals surface area contributed by atoms with Gasteiger partial charge in [0.2, 0.25) is 0 Å². The average Bonchev–Trinajstić information content (AvgIpc) is 2.64. The summed E-state index contributed by atoms with van der Waals surface area (Å²) in [5.74, 6) is 1.52. The highest BCUT2D eigenvalue weighted by atomic mass is 16.3. The molecule has 1 saturated heterocycles. The monoisotopic (exact) mass is 289 g/mol. The molecule has 2 rings (SSSR count). The summed E-state index contributed by atoms with van der Waals surface area (Å²) in [6.45, 7) is 9.85. The largest absolute Gasteiger partial charge is 0.387 e. The van der Waals surface area contributed by atoms with E-state index in [2.05, 4.69) is 49.9 Å². The minimum absolute atomic E-state index is 0.355. The van der Waals surface area contributed by atoms with Crippen LogP contribution in [0.3, 0.4) is 0 Å². The summed E-state index contributed by atoms with van der Waals surface area (Å²) in [6.07, 6.45) is 4.62. The number of nitrogens with zero attached hydrogens (tertiary/aromatic N) is 1. The van der Waals surface area contributed by atoms with Crippen molar-refractivity contribution in [3.8, 4) is 0 Å². The van der Waals surface area contributed by atoms with E-state index in [1.807, 2.05) is 0 Å². The smallest absolute Gasteiger partial charge is 0.0916 e. The molecule has 0 spiro atoms. The van der Waals surface area contributed by atoms with Gasteiger partial charge in [-0.2, -0.15) is 0 Å². The summed E-state index contributed by atoms with van der Waals surface area (Å²) in [6, 6.07) is 8.54. The van der Waals surface area contributed by atoms with Gasteiger partial charge in [-0.25, -0.2) is 0 Å². The van der Waals surface area contributed by atoms with Gasteiger partial charge >= 0.3 is 0 Å². The first-order valence-corrected chi connectivity index (χ1v) is 8.54. The molecule has 118 valence electrons. The Bertz CT molecular complexity index is 412. The van der Waals surface area contributed by atoms with Crippen molar-refractivity contribution in [2.45, 2.75) is 52.6 Å². The van der Waals surface area contributed by atoms with E-state index in [0.717, 1.165) is 37.5 Å². The highest BCUT2D eigenvalue weighted by Crippen LogP contribution is 2.21. The first-order valence-electron chi connectivity index (χ1n) is 8.54. The molecule has 0 saturated carbocycles. The number of aliphatic hydroxyl groups is 1. The molecule has 1 aliphatic heterocycles. The van der Waals surface area contributed by atoms with Gasteiger partial charge in [-0.15, -0.1) is 0 Å². The first kappa shape index (κ1) is 16.5. The highest BCUT2D eigenvalue weighted by Gasteiger charge is 2.17. The van der Waals surface area contributed by atoms with Crippen molar-refractivity contribution < 1.29 is 5.11 Å². The van der Waals surface area contributed by atoms with Crippen LogP contribution in [0.25, 0.3) is 0 Å². The van der Waals surface area contributed by atoms with Crippen LogP contribution in [0.5, 0.6) is 0 Å². The average molecular weight is 289 g/mol. The van der Waals surface area contributed by atoms with Crippen LogP contribution in [0, 0.1) is 11.8 Å². The van der Waals surface area contributed by atoms with Crippen LogP contribution in [0.4, 0.5) is 0 Å². The van der Waals surface area contributed by atoms with Gasteiger partial charge in [-0.3, -0.25) is 0 Å². The van der Waals surface area contributed by atoms with Crippen LogP contribution in [0.1, 0.15) is 57.3 Å². The van der Waals surface area contributed by atoms with Crippen molar-refractivity contribution in [3.05, 3.63) is 35.4 Å². The van der Waals surface area contributed by atoms with E-state index >= 15 is 0 Å². The van der Waals surface area contributed by atoms with Gasteiger partial charge in [0.15, 0.2) is 0 Å². The second-order valence-electron chi connectivity index (χ2n) is 7.19. The molecule has 1 aromatic carbocycles. The molecule has 1 aliphatic rings. The van der Waals surface area contributed by atoms with E-state index < -0.39 is 0 Å². The predicted octanol–water partition coefficient (Wildman–Crippen LogP) is 4.04. The second kappa shape index (κ2) is 7.95. The maximum Gasteiger partial charge on any atom is 0.0916 e. The minimum Gasteiger partial charge on any atom is -0.387 e. The van der Waals surface area contributed by atoms with Crippen LogP contribution in [-0.4, -0.2) is 29.6 Å². The molecule has 1 N–H and O–H groups in total. The van der Waals surface area contributed by atoms with Crippen molar-refractivity contribution in [1.82, 2.24) is 4.90 Å². The zero-order valence-electron chi connectivity index (χ0n) is 13.9. The summed E-state index contributed by atoms with van der Waals surface area (Å²) in [5, 5.41) is 10.5. The molecule has 0 aromatic heterocycles. The molecule has 1 fully saturated rings. The molecule has 2 heteroatoms. The third-order valence-electron chi connectivity index (χ3n) is 4.55. The fourth-order valence-corrected chi connectivity index (χ4v) is 3.20. The van der Waals surface area contributed by atoms with Gasteiger partial charge in [-0.1, -0.05) is 45.0 Å². The van der Waals surface area contributed by atoms with Crippen LogP contribution in [0.2, 0.25) is 0 Å². The summed E-state index contributed by atoms with van der Waals surface area (Å²) in [4.78, 5) is 2.43. The molecule has 2 atom stereocenters. The summed E-state index contributed by atoms with van der Waals surface area (Å²) in [7, 11) is 0. The Morgan fingerprint density at radius 2 is 1.86 bits per heavy atom. The lowest BCUT2D eigenvalue weighted by atomic mass is 10.00. The van der Waals surface area contributed by atoms with E-state index in [4.69, 9.17) is 0 Å². The fraction of sp³-hybridized carbons (Fsp3) is 0.684. The molecule has 0 bridgehead atoms. The Kier molecular flexibility index (Phi) is 6.25. The Morgan fingerprint density at radius 3 is 2.52 bits per heavy atom. The van der Waals surface area contributed by atoms with Crippen LogP contribution >= 0.6 is 0 Å². The molecule has 0 amide bonds. The first-order chi connectivity index (χ1) is 10.0. The quantitative estimate of drug-likeness (QED) is 0.884. The van der Waals surface area contributed by atoms with Crippen molar-refractivity contribution in [1.29, 1.82) is 0 Å². The second-order valence-corrected chi connectivity index (χ2v) is 7.19. The number of rotatable bonds is 5. The maximum atomic E-state index is 10.5. The Hall–Kier alpha value is -0.860. The topological polar surface area (TPSA) is 23.5 Å². The van der Waals surface area contributed by atoms with Crippen molar-refractivity contribution >= 4 is 0 Å². The third-order valence-corrected chi connectivity index (χ3v) is 4.55. The van der Waals surface area contributed by atoms with E-state index in [1.54, 1.807) is 0 Å². The zero-order chi connectivity index (χ0) is 15.2. The summed E-state index contributed by atoms with van der Waals surface area (Å²) in [5.41, 5.74) is 2.42. The number of likely N-dealkylation sites (tertiary alicyclic amines) is 1. The SMILES string of the molecule is CC(C)Cc1ccc(C(O)CN2CCCC(C)CC2)cc1. The highest BCUT2D eigenvalue weighted by molar-refractivity contribution is 5.24. The summed E-state index contributed by atoms with van der Waals surface area (Å²) >= 11 is 0. The molecular weight excluding hydrogens is 258 g/mol. The van der Waals surface area contributed by atoms with Gasteiger partial charge in [0.1, 0.15) is 0 Å². The number of hydrogen-bond acceptors (Lipinski definition) is 2.